The minimum Gasteiger partial charge on any atom is -0.444 e. The molecule has 0 spiro atoms. The van der Waals surface area contributed by atoms with Crippen molar-refractivity contribution < 1.29 is 9.53 Å². The normalized spacial score (nSPS) is 13.0. The van der Waals surface area contributed by atoms with Crippen molar-refractivity contribution in [2.24, 2.45) is 0 Å². The third kappa shape index (κ3) is 4.86. The van der Waals surface area contributed by atoms with Crippen LogP contribution in [-0.2, 0) is 4.74 Å². The number of amides is 1. The fourth-order valence-corrected chi connectivity index (χ4v) is 2.44. The number of hydrogen-bond acceptors (Lipinski definition) is 2. The molecule has 0 radical (unpaired) electrons. The molecule has 5 heteroatoms. The number of hydrogen-bond donors (Lipinski definition) is 1. The smallest absolute Gasteiger partial charge is 0.408 e. The summed E-state index contributed by atoms with van der Waals surface area (Å²) in [7, 11) is 0. The van der Waals surface area contributed by atoms with E-state index in [1.54, 1.807) is 12.1 Å². The molecule has 18 heavy (non-hydrogen) atoms. The van der Waals surface area contributed by atoms with Crippen LogP contribution in [-0.4, -0.2) is 11.7 Å². The molecule has 0 aliphatic heterocycles. The third-order valence-corrected chi connectivity index (χ3v) is 3.08. The van der Waals surface area contributed by atoms with Crippen molar-refractivity contribution in [3.8, 4) is 0 Å². The Bertz CT molecular complexity index is 443. The van der Waals surface area contributed by atoms with Gasteiger partial charge in [0.15, 0.2) is 0 Å². The molecule has 0 bridgehead atoms. The minimum atomic E-state index is -0.499. The van der Waals surface area contributed by atoms with E-state index in [9.17, 15) is 4.79 Å². The van der Waals surface area contributed by atoms with Crippen LogP contribution in [0.2, 0.25) is 5.02 Å². The Morgan fingerprint density at radius 1 is 1.44 bits per heavy atom. The van der Waals surface area contributed by atoms with E-state index in [0.717, 1.165) is 10.0 Å². The molecule has 1 rings (SSSR count). The monoisotopic (exact) mass is 333 g/mol. The van der Waals surface area contributed by atoms with Crippen molar-refractivity contribution >= 4 is 33.6 Å². The topological polar surface area (TPSA) is 38.3 Å². The molecule has 1 N–H and O–H groups in total. The maximum Gasteiger partial charge on any atom is 0.408 e. The summed E-state index contributed by atoms with van der Waals surface area (Å²) >= 11 is 9.29. The Hall–Kier alpha value is -0.740. The second kappa shape index (κ2) is 5.93. The molecule has 0 fully saturated rings. The predicted molar refractivity (Wildman–Crippen MR) is 76.9 cm³/mol. The summed E-state index contributed by atoms with van der Waals surface area (Å²) in [6.45, 7) is 7.37. The van der Waals surface area contributed by atoms with Gasteiger partial charge in [0.1, 0.15) is 5.60 Å². The zero-order chi connectivity index (χ0) is 13.9. The van der Waals surface area contributed by atoms with Crippen LogP contribution in [0.25, 0.3) is 0 Å². The van der Waals surface area contributed by atoms with Gasteiger partial charge in [-0.15, -0.1) is 0 Å². The van der Waals surface area contributed by atoms with Crippen molar-refractivity contribution in [3.05, 3.63) is 33.3 Å². The number of nitrogens with one attached hydrogen (secondary N) is 1. The number of benzene rings is 1. The van der Waals surface area contributed by atoms with Gasteiger partial charge >= 0.3 is 6.09 Å². The lowest BCUT2D eigenvalue weighted by atomic mass is 10.1. The second-order valence-electron chi connectivity index (χ2n) is 5.03. The van der Waals surface area contributed by atoms with E-state index < -0.39 is 11.7 Å². The first-order valence-electron chi connectivity index (χ1n) is 5.63. The number of halogens is 2. The number of carbonyl (C=O) groups is 1. The van der Waals surface area contributed by atoms with Crippen molar-refractivity contribution in [2.75, 3.05) is 0 Å². The van der Waals surface area contributed by atoms with Crippen LogP contribution in [0.5, 0.6) is 0 Å². The predicted octanol–water partition coefficient (Wildman–Crippen LogP) is 4.69. The van der Waals surface area contributed by atoms with Gasteiger partial charge in [-0.05, 0) is 45.4 Å². The fraction of sp³-hybridized carbons (Fsp3) is 0.462. The number of rotatable bonds is 2. The van der Waals surface area contributed by atoms with Crippen LogP contribution in [0, 0.1) is 0 Å². The molecule has 0 saturated heterocycles. The number of carbonyl (C=O) groups excluding carboxylic acids is 1. The largest absolute Gasteiger partial charge is 0.444 e. The van der Waals surface area contributed by atoms with Crippen LogP contribution in [0.1, 0.15) is 39.3 Å². The lowest BCUT2D eigenvalue weighted by Gasteiger charge is -2.22. The lowest BCUT2D eigenvalue weighted by Crippen LogP contribution is -2.34. The molecule has 1 aromatic rings. The first kappa shape index (κ1) is 15.3. The zero-order valence-electron chi connectivity index (χ0n) is 10.9. The fourth-order valence-electron chi connectivity index (χ4n) is 1.41. The summed E-state index contributed by atoms with van der Waals surface area (Å²) in [5.74, 6) is 0. The van der Waals surface area contributed by atoms with Crippen LogP contribution >= 0.6 is 27.5 Å². The highest BCUT2D eigenvalue weighted by molar-refractivity contribution is 9.10. The van der Waals surface area contributed by atoms with Gasteiger partial charge in [-0.1, -0.05) is 33.6 Å². The molecule has 0 aromatic heterocycles. The van der Waals surface area contributed by atoms with Gasteiger partial charge in [0.25, 0.3) is 0 Å². The molecule has 1 unspecified atom stereocenters. The second-order valence-corrected chi connectivity index (χ2v) is 6.32. The van der Waals surface area contributed by atoms with Gasteiger partial charge in [0.2, 0.25) is 0 Å². The van der Waals surface area contributed by atoms with E-state index >= 15 is 0 Å². The zero-order valence-corrected chi connectivity index (χ0v) is 13.2. The molecule has 3 nitrogen and oxygen atoms in total. The summed E-state index contributed by atoms with van der Waals surface area (Å²) in [6, 6.07) is 5.29. The highest BCUT2D eigenvalue weighted by atomic mass is 79.9. The summed E-state index contributed by atoms with van der Waals surface area (Å²) < 4.78 is 6.06. The highest BCUT2D eigenvalue weighted by Crippen LogP contribution is 2.26. The van der Waals surface area contributed by atoms with E-state index in [0.29, 0.717) is 5.02 Å². The SMILES string of the molecule is CC(NC(=O)OC(C)(C)C)c1ccc(Cl)cc1Br. The highest BCUT2D eigenvalue weighted by Gasteiger charge is 2.19. The van der Waals surface area contributed by atoms with Crippen molar-refractivity contribution in [1.82, 2.24) is 5.32 Å². The molecule has 0 aliphatic carbocycles. The van der Waals surface area contributed by atoms with Crippen LogP contribution in [0.4, 0.5) is 4.79 Å². The lowest BCUT2D eigenvalue weighted by molar-refractivity contribution is 0.0508. The molecular weight excluding hydrogens is 318 g/mol. The summed E-state index contributed by atoms with van der Waals surface area (Å²) in [6.07, 6.45) is -0.433. The average molecular weight is 335 g/mol. The molecule has 0 aliphatic rings. The average Bonchev–Trinajstić information content (AvgIpc) is 2.13. The molecule has 100 valence electrons. The van der Waals surface area contributed by atoms with Crippen LogP contribution in [0.3, 0.4) is 0 Å². The Morgan fingerprint density at radius 3 is 2.56 bits per heavy atom. The first-order valence-corrected chi connectivity index (χ1v) is 6.80. The summed E-state index contributed by atoms with van der Waals surface area (Å²) in [5, 5.41) is 3.43. The molecule has 1 atom stereocenters. The van der Waals surface area contributed by atoms with E-state index in [1.165, 1.54) is 0 Å². The quantitative estimate of drug-likeness (QED) is 0.852. The molecule has 0 saturated carbocycles. The van der Waals surface area contributed by atoms with Gasteiger partial charge in [-0.2, -0.15) is 0 Å². The number of alkyl carbamates (subject to hydrolysis) is 1. The Labute approximate surface area is 121 Å². The summed E-state index contributed by atoms with van der Waals surface area (Å²) in [4.78, 5) is 11.6. The Balaban J connectivity index is 2.71. The van der Waals surface area contributed by atoms with E-state index in [2.05, 4.69) is 21.2 Å². The van der Waals surface area contributed by atoms with Gasteiger partial charge in [0.05, 0.1) is 6.04 Å². The Kier molecular flexibility index (Phi) is 5.05. The van der Waals surface area contributed by atoms with E-state index in [4.69, 9.17) is 16.3 Å². The van der Waals surface area contributed by atoms with E-state index in [1.807, 2.05) is 33.8 Å². The standard InChI is InChI=1S/C13H17BrClNO2/c1-8(16-12(17)18-13(2,3)4)10-6-5-9(15)7-11(10)14/h5-8H,1-4H3,(H,16,17). The van der Waals surface area contributed by atoms with Gasteiger partial charge < -0.3 is 10.1 Å². The van der Waals surface area contributed by atoms with Crippen LogP contribution < -0.4 is 5.32 Å². The molecule has 0 heterocycles. The minimum absolute atomic E-state index is 0.161. The first-order chi connectivity index (χ1) is 8.19. The maximum absolute atomic E-state index is 11.6. The maximum atomic E-state index is 11.6. The van der Waals surface area contributed by atoms with Gasteiger partial charge in [-0.3, -0.25) is 0 Å². The van der Waals surface area contributed by atoms with E-state index in [-0.39, 0.29) is 6.04 Å². The molecular formula is C13H17BrClNO2. The Morgan fingerprint density at radius 2 is 2.06 bits per heavy atom. The molecule has 1 aromatic carbocycles. The number of ether oxygens (including phenoxy) is 1. The van der Waals surface area contributed by atoms with Crippen molar-refractivity contribution in [2.45, 2.75) is 39.3 Å². The van der Waals surface area contributed by atoms with Crippen molar-refractivity contribution in [1.29, 1.82) is 0 Å². The van der Waals surface area contributed by atoms with Gasteiger partial charge in [0, 0.05) is 9.50 Å². The molecule has 1 amide bonds. The van der Waals surface area contributed by atoms with Crippen LogP contribution in [0.15, 0.2) is 22.7 Å². The van der Waals surface area contributed by atoms with Crippen molar-refractivity contribution in [3.63, 3.8) is 0 Å². The van der Waals surface area contributed by atoms with Gasteiger partial charge in [-0.25, -0.2) is 4.79 Å². The summed E-state index contributed by atoms with van der Waals surface area (Å²) in [5.41, 5.74) is 0.450. The third-order valence-electron chi connectivity index (χ3n) is 2.16.